The van der Waals surface area contributed by atoms with Crippen molar-refractivity contribution in [2.24, 2.45) is 13.0 Å². The Balaban J connectivity index is 2.25. The predicted molar refractivity (Wildman–Crippen MR) is 79.8 cm³/mol. The standard InChI is InChI=1S/C15H23N3O2/c1-4-5-12-8-9-18(10-12)15-13(6-7-14(19)20)11(2)16-17(15)3/h6-7,12H,4-5,8-10H2,1-3H3,(H,19,20)/b7-6+. The number of carboxylic acid groups (broad SMARTS) is 1. The van der Waals surface area contributed by atoms with Crippen molar-refractivity contribution in [3.63, 3.8) is 0 Å². The summed E-state index contributed by atoms with van der Waals surface area (Å²) >= 11 is 0. The normalized spacial score (nSPS) is 19.1. The molecule has 1 aromatic heterocycles. The zero-order valence-corrected chi connectivity index (χ0v) is 12.5. The highest BCUT2D eigenvalue weighted by Gasteiger charge is 2.26. The van der Waals surface area contributed by atoms with Gasteiger partial charge in [0.15, 0.2) is 0 Å². The molecule has 1 atom stereocenters. The van der Waals surface area contributed by atoms with Crippen LogP contribution in [0, 0.1) is 12.8 Å². The van der Waals surface area contributed by atoms with Gasteiger partial charge >= 0.3 is 5.97 Å². The van der Waals surface area contributed by atoms with E-state index in [9.17, 15) is 4.79 Å². The molecule has 1 N–H and O–H groups in total. The lowest BCUT2D eigenvalue weighted by atomic mass is 10.0. The Morgan fingerprint density at radius 1 is 1.55 bits per heavy atom. The molecule has 1 fully saturated rings. The third kappa shape index (κ3) is 3.03. The minimum Gasteiger partial charge on any atom is -0.478 e. The number of aryl methyl sites for hydroxylation is 2. The van der Waals surface area contributed by atoms with E-state index in [2.05, 4.69) is 16.9 Å². The van der Waals surface area contributed by atoms with Crippen LogP contribution < -0.4 is 4.90 Å². The van der Waals surface area contributed by atoms with Crippen LogP contribution in [0.5, 0.6) is 0 Å². The summed E-state index contributed by atoms with van der Waals surface area (Å²) in [5, 5.41) is 13.2. The van der Waals surface area contributed by atoms with E-state index in [4.69, 9.17) is 5.11 Å². The zero-order valence-electron chi connectivity index (χ0n) is 12.5. The molecular weight excluding hydrogens is 254 g/mol. The van der Waals surface area contributed by atoms with Crippen molar-refractivity contribution in [1.82, 2.24) is 9.78 Å². The molecule has 0 radical (unpaired) electrons. The summed E-state index contributed by atoms with van der Waals surface area (Å²) in [6.45, 7) is 6.21. The molecule has 5 nitrogen and oxygen atoms in total. The van der Waals surface area contributed by atoms with Crippen LogP contribution in [-0.2, 0) is 11.8 Å². The van der Waals surface area contributed by atoms with Crippen LogP contribution in [0.4, 0.5) is 5.82 Å². The van der Waals surface area contributed by atoms with Crippen LogP contribution in [0.15, 0.2) is 6.08 Å². The lowest BCUT2D eigenvalue weighted by Crippen LogP contribution is -2.23. The molecule has 110 valence electrons. The fourth-order valence-electron chi connectivity index (χ4n) is 3.06. The summed E-state index contributed by atoms with van der Waals surface area (Å²) < 4.78 is 1.87. The number of aromatic nitrogens is 2. The second-order valence-corrected chi connectivity index (χ2v) is 5.51. The van der Waals surface area contributed by atoms with E-state index in [-0.39, 0.29) is 0 Å². The van der Waals surface area contributed by atoms with Gasteiger partial charge in [-0.3, -0.25) is 4.68 Å². The Morgan fingerprint density at radius 2 is 2.30 bits per heavy atom. The van der Waals surface area contributed by atoms with Gasteiger partial charge in [0.1, 0.15) is 5.82 Å². The molecule has 1 aliphatic rings. The number of carboxylic acids is 1. The van der Waals surface area contributed by atoms with Gasteiger partial charge in [0.2, 0.25) is 0 Å². The summed E-state index contributed by atoms with van der Waals surface area (Å²) in [5.41, 5.74) is 1.80. The van der Waals surface area contributed by atoms with Crippen molar-refractivity contribution in [3.8, 4) is 0 Å². The summed E-state index contributed by atoms with van der Waals surface area (Å²) in [5.74, 6) is 0.856. The molecule has 2 rings (SSSR count). The van der Waals surface area contributed by atoms with Gasteiger partial charge in [0.05, 0.1) is 5.69 Å². The van der Waals surface area contributed by atoms with Gasteiger partial charge in [-0.15, -0.1) is 0 Å². The quantitative estimate of drug-likeness (QED) is 0.840. The van der Waals surface area contributed by atoms with Crippen LogP contribution in [0.1, 0.15) is 37.4 Å². The highest BCUT2D eigenvalue weighted by atomic mass is 16.4. The minimum absolute atomic E-state index is 0.742. The Kier molecular flexibility index (Phi) is 4.47. The van der Waals surface area contributed by atoms with Crippen LogP contribution in [0.3, 0.4) is 0 Å². The van der Waals surface area contributed by atoms with Gasteiger partial charge in [-0.2, -0.15) is 5.10 Å². The molecule has 1 saturated heterocycles. The average Bonchev–Trinajstić information content (AvgIpc) is 2.92. The van der Waals surface area contributed by atoms with Crippen LogP contribution in [-0.4, -0.2) is 33.9 Å². The second kappa shape index (κ2) is 6.11. The molecule has 1 aromatic rings. The van der Waals surface area contributed by atoms with Crippen molar-refractivity contribution < 1.29 is 9.90 Å². The highest BCUT2D eigenvalue weighted by molar-refractivity contribution is 5.87. The van der Waals surface area contributed by atoms with Gasteiger partial charge in [-0.25, -0.2) is 4.79 Å². The maximum absolute atomic E-state index is 10.7. The van der Waals surface area contributed by atoms with Crippen molar-refractivity contribution in [1.29, 1.82) is 0 Å². The summed E-state index contributed by atoms with van der Waals surface area (Å²) in [6, 6.07) is 0. The zero-order chi connectivity index (χ0) is 14.7. The summed E-state index contributed by atoms with van der Waals surface area (Å²) in [4.78, 5) is 13.1. The van der Waals surface area contributed by atoms with E-state index >= 15 is 0 Å². The van der Waals surface area contributed by atoms with Gasteiger partial charge in [-0.05, 0) is 31.8 Å². The molecule has 5 heteroatoms. The van der Waals surface area contributed by atoms with Gasteiger partial charge in [-0.1, -0.05) is 13.3 Å². The second-order valence-electron chi connectivity index (χ2n) is 5.51. The fraction of sp³-hybridized carbons (Fsp3) is 0.600. The Morgan fingerprint density at radius 3 is 2.95 bits per heavy atom. The average molecular weight is 277 g/mol. The van der Waals surface area contributed by atoms with E-state index in [0.29, 0.717) is 0 Å². The first-order valence-electron chi connectivity index (χ1n) is 7.22. The van der Waals surface area contributed by atoms with Gasteiger partial charge < -0.3 is 10.0 Å². The van der Waals surface area contributed by atoms with E-state index < -0.39 is 5.97 Å². The number of hydrogen-bond acceptors (Lipinski definition) is 3. The fourth-order valence-corrected chi connectivity index (χ4v) is 3.06. The van der Waals surface area contributed by atoms with Crippen molar-refractivity contribution in [3.05, 3.63) is 17.3 Å². The molecule has 0 aromatic carbocycles. The molecule has 1 unspecified atom stereocenters. The van der Waals surface area contributed by atoms with E-state index in [1.54, 1.807) is 6.08 Å². The topological polar surface area (TPSA) is 58.4 Å². The number of aliphatic carboxylic acids is 1. The lowest BCUT2D eigenvalue weighted by molar-refractivity contribution is -0.131. The molecule has 1 aliphatic heterocycles. The molecule has 20 heavy (non-hydrogen) atoms. The minimum atomic E-state index is -0.926. The first-order chi connectivity index (χ1) is 9.52. The lowest BCUT2D eigenvalue weighted by Gasteiger charge is -2.19. The van der Waals surface area contributed by atoms with E-state index in [1.165, 1.54) is 25.3 Å². The smallest absolute Gasteiger partial charge is 0.328 e. The number of anilines is 1. The maximum atomic E-state index is 10.7. The Hall–Kier alpha value is -1.78. The van der Waals surface area contributed by atoms with Crippen molar-refractivity contribution in [2.45, 2.75) is 33.1 Å². The molecule has 0 saturated carbocycles. The Labute approximate surface area is 119 Å². The number of hydrogen-bond donors (Lipinski definition) is 1. The molecule has 0 amide bonds. The van der Waals surface area contributed by atoms with Crippen LogP contribution in [0.25, 0.3) is 6.08 Å². The van der Waals surface area contributed by atoms with Crippen LogP contribution >= 0.6 is 0 Å². The monoisotopic (exact) mass is 277 g/mol. The third-order valence-corrected chi connectivity index (χ3v) is 3.91. The summed E-state index contributed by atoms with van der Waals surface area (Å²) in [7, 11) is 1.92. The SMILES string of the molecule is CCCC1CCN(c2c(/C=C/C(=O)O)c(C)nn2C)C1. The van der Waals surface area contributed by atoms with Crippen molar-refractivity contribution >= 4 is 17.9 Å². The van der Waals surface area contributed by atoms with Gasteiger partial charge in [0.25, 0.3) is 0 Å². The predicted octanol–water partition coefficient (Wildman–Crippen LogP) is 2.45. The number of rotatable bonds is 5. The molecule has 0 bridgehead atoms. The van der Waals surface area contributed by atoms with E-state index in [0.717, 1.165) is 36.1 Å². The first kappa shape index (κ1) is 14.6. The highest BCUT2D eigenvalue weighted by Crippen LogP contribution is 2.31. The largest absolute Gasteiger partial charge is 0.478 e. The molecule has 0 spiro atoms. The maximum Gasteiger partial charge on any atom is 0.328 e. The van der Waals surface area contributed by atoms with Crippen LogP contribution in [0.2, 0.25) is 0 Å². The van der Waals surface area contributed by atoms with E-state index in [1.807, 2.05) is 18.7 Å². The van der Waals surface area contributed by atoms with Crippen molar-refractivity contribution in [2.75, 3.05) is 18.0 Å². The Bertz CT molecular complexity index is 519. The van der Waals surface area contributed by atoms with Gasteiger partial charge in [0, 0.05) is 31.8 Å². The summed E-state index contributed by atoms with van der Waals surface area (Å²) in [6.07, 6.45) is 6.53. The molecule has 2 heterocycles. The molecular formula is C15H23N3O2. The number of carbonyl (C=O) groups is 1. The number of nitrogens with zero attached hydrogens (tertiary/aromatic N) is 3. The third-order valence-electron chi connectivity index (χ3n) is 3.91. The molecule has 0 aliphatic carbocycles. The first-order valence-corrected chi connectivity index (χ1v) is 7.22.